The lowest BCUT2D eigenvalue weighted by Crippen LogP contribution is -2.44. The highest BCUT2D eigenvalue weighted by atomic mass is 15.2. The van der Waals surface area contributed by atoms with Crippen molar-refractivity contribution in [3.8, 4) is 0 Å². The highest BCUT2D eigenvalue weighted by Crippen LogP contribution is 2.15. The summed E-state index contributed by atoms with van der Waals surface area (Å²) in [6.07, 6.45) is 5.28. The molecule has 2 heteroatoms. The Morgan fingerprint density at radius 1 is 1.38 bits per heavy atom. The van der Waals surface area contributed by atoms with Crippen molar-refractivity contribution in [2.24, 2.45) is 0 Å². The minimum atomic E-state index is 0.757. The Balaban J connectivity index is 2.31. The molecule has 0 bridgehead atoms. The summed E-state index contributed by atoms with van der Waals surface area (Å²) in [7, 11) is 2.29. The summed E-state index contributed by atoms with van der Waals surface area (Å²) in [5.74, 6) is 0. The average Bonchev–Trinajstić information content (AvgIpc) is 2.18. The van der Waals surface area contributed by atoms with Crippen molar-refractivity contribution in [2.75, 3.05) is 20.1 Å². The van der Waals surface area contributed by atoms with Gasteiger partial charge in [-0.1, -0.05) is 13.3 Å². The molecule has 1 unspecified atom stereocenters. The largest absolute Gasteiger partial charge is 0.317 e. The first-order valence-corrected chi connectivity index (χ1v) is 5.68. The minimum Gasteiger partial charge on any atom is -0.317 e. The second kappa shape index (κ2) is 5.61. The molecule has 0 aromatic carbocycles. The summed E-state index contributed by atoms with van der Waals surface area (Å²) in [4.78, 5) is 2.57. The van der Waals surface area contributed by atoms with Crippen molar-refractivity contribution < 1.29 is 0 Å². The molecule has 0 aromatic rings. The zero-order chi connectivity index (χ0) is 9.68. The first-order chi connectivity index (χ1) is 6.25. The number of hydrogen-bond donors (Lipinski definition) is 1. The Hall–Kier alpha value is -0.0800. The third-order valence-electron chi connectivity index (χ3n) is 3.29. The molecular formula is C11H24N2. The van der Waals surface area contributed by atoms with Crippen LogP contribution < -0.4 is 5.32 Å². The van der Waals surface area contributed by atoms with Gasteiger partial charge >= 0.3 is 0 Å². The van der Waals surface area contributed by atoms with E-state index in [-0.39, 0.29) is 0 Å². The molecule has 0 spiro atoms. The fourth-order valence-electron chi connectivity index (χ4n) is 2.20. The molecule has 1 saturated heterocycles. The standard InChI is InChI=1S/C11H24N2/c1-4-5-10(2)13(3)11-6-8-12-9-7-11/h10-12H,4-9H2,1-3H3. The molecule has 2 nitrogen and oxygen atoms in total. The summed E-state index contributed by atoms with van der Waals surface area (Å²) in [5.41, 5.74) is 0. The summed E-state index contributed by atoms with van der Waals surface area (Å²) >= 11 is 0. The molecule has 0 amide bonds. The quantitative estimate of drug-likeness (QED) is 0.717. The summed E-state index contributed by atoms with van der Waals surface area (Å²) in [6, 6.07) is 1.58. The van der Waals surface area contributed by atoms with Gasteiger partial charge in [0, 0.05) is 12.1 Å². The molecule has 1 aliphatic heterocycles. The number of nitrogens with zero attached hydrogens (tertiary/aromatic N) is 1. The molecule has 0 aromatic heterocycles. The van der Waals surface area contributed by atoms with Crippen LogP contribution in [0.5, 0.6) is 0 Å². The lowest BCUT2D eigenvalue weighted by molar-refractivity contribution is 0.145. The number of piperidine rings is 1. The lowest BCUT2D eigenvalue weighted by atomic mass is 10.0. The summed E-state index contributed by atoms with van der Waals surface area (Å²) in [5, 5.41) is 3.41. The van der Waals surface area contributed by atoms with E-state index in [0.717, 1.165) is 12.1 Å². The smallest absolute Gasteiger partial charge is 0.0119 e. The molecule has 1 atom stereocenters. The van der Waals surface area contributed by atoms with Crippen LogP contribution in [-0.4, -0.2) is 37.1 Å². The maximum Gasteiger partial charge on any atom is 0.0119 e. The maximum absolute atomic E-state index is 3.41. The topological polar surface area (TPSA) is 15.3 Å². The summed E-state index contributed by atoms with van der Waals surface area (Å²) < 4.78 is 0. The molecule has 1 N–H and O–H groups in total. The fraction of sp³-hybridized carbons (Fsp3) is 1.00. The normalized spacial score (nSPS) is 22.2. The van der Waals surface area contributed by atoms with Crippen LogP contribution in [0, 0.1) is 0 Å². The third kappa shape index (κ3) is 3.28. The van der Waals surface area contributed by atoms with E-state index in [1.807, 2.05) is 0 Å². The predicted octanol–water partition coefficient (Wildman–Crippen LogP) is 1.86. The molecule has 0 saturated carbocycles. The van der Waals surface area contributed by atoms with Crippen LogP contribution in [0.2, 0.25) is 0 Å². The van der Waals surface area contributed by atoms with E-state index in [1.54, 1.807) is 0 Å². The van der Waals surface area contributed by atoms with Crippen molar-refractivity contribution in [2.45, 2.75) is 51.6 Å². The third-order valence-corrected chi connectivity index (χ3v) is 3.29. The van der Waals surface area contributed by atoms with Gasteiger partial charge in [0.15, 0.2) is 0 Å². The van der Waals surface area contributed by atoms with E-state index in [4.69, 9.17) is 0 Å². The van der Waals surface area contributed by atoms with Crippen molar-refractivity contribution in [1.29, 1.82) is 0 Å². The zero-order valence-electron chi connectivity index (χ0n) is 9.34. The maximum atomic E-state index is 3.41. The highest BCUT2D eigenvalue weighted by molar-refractivity contribution is 4.78. The van der Waals surface area contributed by atoms with E-state index < -0.39 is 0 Å². The van der Waals surface area contributed by atoms with Gasteiger partial charge in [-0.2, -0.15) is 0 Å². The SMILES string of the molecule is CCCC(C)N(C)C1CCNCC1. The monoisotopic (exact) mass is 184 g/mol. The fourth-order valence-corrected chi connectivity index (χ4v) is 2.20. The van der Waals surface area contributed by atoms with Crippen LogP contribution in [0.3, 0.4) is 0 Å². The Morgan fingerprint density at radius 2 is 2.00 bits per heavy atom. The number of nitrogens with one attached hydrogen (secondary N) is 1. The molecule has 78 valence electrons. The van der Waals surface area contributed by atoms with Gasteiger partial charge < -0.3 is 10.2 Å². The van der Waals surface area contributed by atoms with Crippen LogP contribution in [0.25, 0.3) is 0 Å². The van der Waals surface area contributed by atoms with Crippen LogP contribution in [-0.2, 0) is 0 Å². The molecule has 0 aliphatic carbocycles. The Labute approximate surface area is 82.7 Å². The molecule has 0 radical (unpaired) electrons. The van der Waals surface area contributed by atoms with Gasteiger partial charge in [0.25, 0.3) is 0 Å². The first-order valence-electron chi connectivity index (χ1n) is 5.68. The van der Waals surface area contributed by atoms with E-state index in [2.05, 4.69) is 31.1 Å². The van der Waals surface area contributed by atoms with E-state index in [0.29, 0.717) is 0 Å². The highest BCUT2D eigenvalue weighted by Gasteiger charge is 2.20. The van der Waals surface area contributed by atoms with Gasteiger partial charge in [-0.25, -0.2) is 0 Å². The predicted molar refractivity (Wildman–Crippen MR) is 58.0 cm³/mol. The van der Waals surface area contributed by atoms with Crippen molar-refractivity contribution in [1.82, 2.24) is 10.2 Å². The van der Waals surface area contributed by atoms with Crippen molar-refractivity contribution in [3.63, 3.8) is 0 Å². The van der Waals surface area contributed by atoms with Crippen molar-refractivity contribution >= 4 is 0 Å². The number of rotatable bonds is 4. The molecule has 1 heterocycles. The Morgan fingerprint density at radius 3 is 2.54 bits per heavy atom. The second-order valence-corrected chi connectivity index (χ2v) is 4.28. The first kappa shape index (κ1) is 11.0. The molecular weight excluding hydrogens is 160 g/mol. The molecule has 1 aliphatic rings. The molecule has 1 fully saturated rings. The lowest BCUT2D eigenvalue weighted by Gasteiger charge is -2.35. The molecule has 1 rings (SSSR count). The minimum absolute atomic E-state index is 0.757. The van der Waals surface area contributed by atoms with Gasteiger partial charge in [-0.05, 0) is 46.3 Å². The summed E-state index contributed by atoms with van der Waals surface area (Å²) in [6.45, 7) is 7.03. The zero-order valence-corrected chi connectivity index (χ0v) is 9.34. The molecule has 13 heavy (non-hydrogen) atoms. The van der Waals surface area contributed by atoms with Crippen molar-refractivity contribution in [3.05, 3.63) is 0 Å². The van der Waals surface area contributed by atoms with Crippen LogP contribution in [0.1, 0.15) is 39.5 Å². The van der Waals surface area contributed by atoms with Gasteiger partial charge in [0.2, 0.25) is 0 Å². The Kier molecular flexibility index (Phi) is 4.74. The van der Waals surface area contributed by atoms with Crippen LogP contribution in [0.4, 0.5) is 0 Å². The van der Waals surface area contributed by atoms with Crippen LogP contribution in [0.15, 0.2) is 0 Å². The van der Waals surface area contributed by atoms with E-state index in [1.165, 1.54) is 38.8 Å². The number of hydrogen-bond acceptors (Lipinski definition) is 2. The average molecular weight is 184 g/mol. The van der Waals surface area contributed by atoms with Crippen LogP contribution >= 0.6 is 0 Å². The van der Waals surface area contributed by atoms with E-state index in [9.17, 15) is 0 Å². The Bertz CT molecular complexity index is 130. The second-order valence-electron chi connectivity index (χ2n) is 4.28. The van der Waals surface area contributed by atoms with Gasteiger partial charge in [0.05, 0.1) is 0 Å². The van der Waals surface area contributed by atoms with E-state index >= 15 is 0 Å². The van der Waals surface area contributed by atoms with Gasteiger partial charge in [-0.3, -0.25) is 0 Å². The van der Waals surface area contributed by atoms with Gasteiger partial charge in [0.1, 0.15) is 0 Å². The van der Waals surface area contributed by atoms with Gasteiger partial charge in [-0.15, -0.1) is 0 Å².